The summed E-state index contributed by atoms with van der Waals surface area (Å²) in [6.07, 6.45) is 6.24. The van der Waals surface area contributed by atoms with Crippen molar-refractivity contribution in [1.29, 1.82) is 0 Å². The summed E-state index contributed by atoms with van der Waals surface area (Å²) in [5, 5.41) is 7.87. The standard InChI is InChI=1S/C16H24N2O3S2/c19-15(13-6-2-1-3-7-13)18-16(9-5-10-17-12-16)23(20,21)14-8-4-11-22-14/h4,8,11,13,17H,1-3,5-7,9-10,12H2,(H,18,19)/t16-/m0/s1. The highest BCUT2D eigenvalue weighted by Crippen LogP contribution is 2.33. The molecule has 0 unspecified atom stereocenters. The average Bonchev–Trinajstić information content (AvgIpc) is 3.11. The molecule has 1 aromatic heterocycles. The molecule has 2 aliphatic rings. The third-order valence-electron chi connectivity index (χ3n) is 4.95. The fraction of sp³-hybridized carbons (Fsp3) is 0.688. The summed E-state index contributed by atoms with van der Waals surface area (Å²) in [6.45, 7) is 1.08. The molecule has 1 saturated carbocycles. The van der Waals surface area contributed by atoms with Crippen molar-refractivity contribution in [1.82, 2.24) is 10.6 Å². The fourth-order valence-electron chi connectivity index (χ4n) is 3.58. The van der Waals surface area contributed by atoms with Crippen molar-refractivity contribution >= 4 is 27.1 Å². The molecule has 1 aliphatic heterocycles. The molecule has 128 valence electrons. The number of thiophene rings is 1. The number of carbonyl (C=O) groups is 1. The summed E-state index contributed by atoms with van der Waals surface area (Å²) in [6, 6.07) is 3.37. The van der Waals surface area contributed by atoms with E-state index in [1.807, 2.05) is 0 Å². The van der Waals surface area contributed by atoms with Gasteiger partial charge in [0.25, 0.3) is 0 Å². The molecule has 3 rings (SSSR count). The number of piperidine rings is 1. The molecule has 2 fully saturated rings. The Morgan fingerprint density at radius 2 is 2.04 bits per heavy atom. The van der Waals surface area contributed by atoms with Gasteiger partial charge in [-0.05, 0) is 43.7 Å². The van der Waals surface area contributed by atoms with Crippen LogP contribution in [0.2, 0.25) is 0 Å². The van der Waals surface area contributed by atoms with Gasteiger partial charge in [0.2, 0.25) is 15.7 Å². The number of carbonyl (C=O) groups excluding carboxylic acids is 1. The third-order valence-corrected chi connectivity index (χ3v) is 8.70. The molecule has 1 amide bonds. The molecule has 1 aliphatic carbocycles. The Morgan fingerprint density at radius 1 is 1.26 bits per heavy atom. The summed E-state index contributed by atoms with van der Waals surface area (Å²) in [5.41, 5.74) is 0. The first kappa shape index (κ1) is 16.9. The van der Waals surface area contributed by atoms with Gasteiger partial charge in [-0.1, -0.05) is 25.3 Å². The summed E-state index contributed by atoms with van der Waals surface area (Å²) in [7, 11) is -3.59. The van der Waals surface area contributed by atoms with E-state index in [9.17, 15) is 13.2 Å². The van der Waals surface area contributed by atoms with Crippen LogP contribution in [0.4, 0.5) is 0 Å². The van der Waals surface area contributed by atoms with Gasteiger partial charge in [-0.3, -0.25) is 4.79 Å². The van der Waals surface area contributed by atoms with E-state index < -0.39 is 14.7 Å². The van der Waals surface area contributed by atoms with E-state index in [2.05, 4.69) is 10.6 Å². The molecular formula is C16H24N2O3S2. The number of sulfone groups is 1. The van der Waals surface area contributed by atoms with Gasteiger partial charge in [-0.2, -0.15) is 0 Å². The Morgan fingerprint density at radius 3 is 2.65 bits per heavy atom. The smallest absolute Gasteiger partial charge is 0.224 e. The summed E-state index contributed by atoms with van der Waals surface area (Å²) in [5.74, 6) is -0.130. The maximum Gasteiger partial charge on any atom is 0.224 e. The molecule has 0 aromatic carbocycles. The van der Waals surface area contributed by atoms with Crippen molar-refractivity contribution in [2.45, 2.75) is 54.0 Å². The second-order valence-electron chi connectivity index (χ2n) is 6.53. The van der Waals surface area contributed by atoms with Crippen LogP contribution in [0.1, 0.15) is 44.9 Å². The Kier molecular flexibility index (Phi) is 5.08. The topological polar surface area (TPSA) is 75.3 Å². The van der Waals surface area contributed by atoms with Crippen LogP contribution in [0.25, 0.3) is 0 Å². The molecule has 0 radical (unpaired) electrons. The number of hydrogen-bond donors (Lipinski definition) is 2. The zero-order chi connectivity index (χ0) is 16.3. The maximum atomic E-state index is 13.1. The first-order chi connectivity index (χ1) is 11.1. The van der Waals surface area contributed by atoms with E-state index >= 15 is 0 Å². The average molecular weight is 357 g/mol. The molecule has 2 heterocycles. The Bertz CT molecular complexity index is 628. The SMILES string of the molecule is O=C(N[C@]1(S(=O)(=O)c2cccs2)CCCNC1)C1CCCCC1. The van der Waals surface area contributed by atoms with E-state index in [0.29, 0.717) is 10.6 Å². The number of rotatable bonds is 4. The zero-order valence-corrected chi connectivity index (χ0v) is 14.8. The van der Waals surface area contributed by atoms with E-state index in [-0.39, 0.29) is 18.4 Å². The molecule has 23 heavy (non-hydrogen) atoms. The lowest BCUT2D eigenvalue weighted by molar-refractivity contribution is -0.127. The molecule has 1 atom stereocenters. The van der Waals surface area contributed by atoms with E-state index in [1.165, 1.54) is 17.8 Å². The second-order valence-corrected chi connectivity index (χ2v) is 9.97. The van der Waals surface area contributed by atoms with Crippen molar-refractivity contribution in [3.05, 3.63) is 17.5 Å². The van der Waals surface area contributed by atoms with E-state index in [4.69, 9.17) is 0 Å². The number of amides is 1. The highest BCUT2D eigenvalue weighted by molar-refractivity contribution is 7.94. The highest BCUT2D eigenvalue weighted by Gasteiger charge is 2.48. The van der Waals surface area contributed by atoms with Crippen LogP contribution in [0.5, 0.6) is 0 Å². The summed E-state index contributed by atoms with van der Waals surface area (Å²) < 4.78 is 26.6. The third kappa shape index (κ3) is 3.32. The van der Waals surface area contributed by atoms with Gasteiger partial charge in [0.1, 0.15) is 4.21 Å². The predicted molar refractivity (Wildman–Crippen MR) is 91.1 cm³/mol. The Hall–Kier alpha value is -0.920. The summed E-state index contributed by atoms with van der Waals surface area (Å²) >= 11 is 1.22. The molecule has 0 bridgehead atoms. The van der Waals surface area contributed by atoms with E-state index in [0.717, 1.165) is 38.6 Å². The van der Waals surface area contributed by atoms with Crippen LogP contribution in [-0.4, -0.2) is 32.3 Å². The molecule has 7 heteroatoms. The second kappa shape index (κ2) is 6.91. The van der Waals surface area contributed by atoms with Crippen molar-refractivity contribution in [2.75, 3.05) is 13.1 Å². The quantitative estimate of drug-likeness (QED) is 0.868. The first-order valence-corrected chi connectivity index (χ1v) is 10.7. The lowest BCUT2D eigenvalue weighted by Crippen LogP contribution is -2.63. The van der Waals surface area contributed by atoms with Gasteiger partial charge in [0.05, 0.1) is 0 Å². The molecule has 5 nitrogen and oxygen atoms in total. The molecule has 2 N–H and O–H groups in total. The van der Waals surface area contributed by atoms with Gasteiger partial charge in [-0.25, -0.2) is 8.42 Å². The van der Waals surface area contributed by atoms with Crippen LogP contribution in [0.3, 0.4) is 0 Å². The zero-order valence-electron chi connectivity index (χ0n) is 13.2. The first-order valence-electron chi connectivity index (χ1n) is 8.36. The molecule has 1 saturated heterocycles. The van der Waals surface area contributed by atoms with E-state index in [1.54, 1.807) is 17.5 Å². The predicted octanol–water partition coefficient (Wildman–Crippen LogP) is 2.30. The van der Waals surface area contributed by atoms with Gasteiger partial charge in [0.15, 0.2) is 4.87 Å². The fourth-order valence-corrected chi connectivity index (χ4v) is 6.76. The molecule has 1 aromatic rings. The van der Waals surface area contributed by atoms with Gasteiger partial charge in [-0.15, -0.1) is 11.3 Å². The van der Waals surface area contributed by atoms with Gasteiger partial charge in [0, 0.05) is 12.5 Å². The van der Waals surface area contributed by atoms with Crippen LogP contribution in [-0.2, 0) is 14.6 Å². The molecule has 0 spiro atoms. The minimum atomic E-state index is -3.59. The monoisotopic (exact) mass is 356 g/mol. The highest BCUT2D eigenvalue weighted by atomic mass is 32.2. The van der Waals surface area contributed by atoms with Crippen LogP contribution in [0.15, 0.2) is 21.7 Å². The number of nitrogens with one attached hydrogen (secondary N) is 2. The summed E-state index contributed by atoms with van der Waals surface area (Å²) in [4.78, 5) is 11.5. The normalized spacial score (nSPS) is 26.8. The minimum absolute atomic E-state index is 0.0407. The lowest BCUT2D eigenvalue weighted by Gasteiger charge is -2.38. The molecular weight excluding hydrogens is 332 g/mol. The minimum Gasteiger partial charge on any atom is -0.335 e. The maximum absolute atomic E-state index is 13.1. The van der Waals surface area contributed by atoms with Crippen LogP contribution >= 0.6 is 11.3 Å². The van der Waals surface area contributed by atoms with Gasteiger partial charge < -0.3 is 10.6 Å². The van der Waals surface area contributed by atoms with Crippen LogP contribution < -0.4 is 10.6 Å². The van der Waals surface area contributed by atoms with Crippen molar-refractivity contribution < 1.29 is 13.2 Å². The van der Waals surface area contributed by atoms with Crippen LogP contribution in [0, 0.1) is 5.92 Å². The van der Waals surface area contributed by atoms with Crippen molar-refractivity contribution in [2.24, 2.45) is 5.92 Å². The Labute approximate surface area is 141 Å². The number of hydrogen-bond acceptors (Lipinski definition) is 5. The van der Waals surface area contributed by atoms with Crippen molar-refractivity contribution in [3.8, 4) is 0 Å². The largest absolute Gasteiger partial charge is 0.335 e. The van der Waals surface area contributed by atoms with Gasteiger partial charge >= 0.3 is 0 Å². The lowest BCUT2D eigenvalue weighted by atomic mass is 9.88. The Balaban J connectivity index is 1.86. The van der Waals surface area contributed by atoms with Crippen molar-refractivity contribution in [3.63, 3.8) is 0 Å².